The van der Waals surface area contributed by atoms with Crippen molar-refractivity contribution < 1.29 is 9.53 Å². The summed E-state index contributed by atoms with van der Waals surface area (Å²) in [7, 11) is 1.36. The maximum atomic E-state index is 12.5. The first-order valence-electron chi connectivity index (χ1n) is 10.6. The van der Waals surface area contributed by atoms with Gasteiger partial charge in [-0.25, -0.2) is 14.8 Å². The molecular formula is C26H21ClN4O2S. The molecule has 0 aliphatic carbocycles. The van der Waals surface area contributed by atoms with Crippen LogP contribution in [0.5, 0.6) is 0 Å². The van der Waals surface area contributed by atoms with Gasteiger partial charge in [-0.15, -0.1) is 0 Å². The molecule has 0 saturated carbocycles. The predicted octanol–water partition coefficient (Wildman–Crippen LogP) is 5.82. The maximum absolute atomic E-state index is 12.5. The minimum absolute atomic E-state index is 0.249. The number of anilines is 2. The Morgan fingerprint density at radius 3 is 2.24 bits per heavy atom. The predicted molar refractivity (Wildman–Crippen MR) is 139 cm³/mol. The van der Waals surface area contributed by atoms with E-state index in [-0.39, 0.29) is 5.04 Å². The average Bonchev–Trinajstić information content (AvgIpc) is 3.25. The van der Waals surface area contributed by atoms with Crippen LogP contribution in [0.1, 0.15) is 11.1 Å². The van der Waals surface area contributed by atoms with Gasteiger partial charge in [0, 0.05) is 10.6 Å². The van der Waals surface area contributed by atoms with Crippen LogP contribution in [-0.4, -0.2) is 28.8 Å². The van der Waals surface area contributed by atoms with E-state index < -0.39 is 11.0 Å². The fourth-order valence-corrected chi connectivity index (χ4v) is 5.06. The molecule has 3 aromatic rings. The van der Waals surface area contributed by atoms with Gasteiger partial charge in [-0.1, -0.05) is 59.6 Å². The van der Waals surface area contributed by atoms with Crippen LogP contribution in [0.15, 0.2) is 101 Å². The SMILES string of the molecule is COC(=O)C1=NN(c2ccc(C)cc2)[C@]2(C=CC(c3ccc(Cl)cc3)=NN2c2ccccc2)S1. The molecule has 0 N–H and O–H groups in total. The summed E-state index contributed by atoms with van der Waals surface area (Å²) in [6.45, 7) is 2.03. The largest absolute Gasteiger partial charge is 0.464 e. The van der Waals surface area contributed by atoms with E-state index in [9.17, 15) is 4.79 Å². The fraction of sp³-hybridized carbons (Fsp3) is 0.115. The third-order valence-electron chi connectivity index (χ3n) is 5.49. The number of hydrazone groups is 2. The number of thioether (sulfide) groups is 1. The van der Waals surface area contributed by atoms with Crippen LogP contribution in [0.4, 0.5) is 11.4 Å². The summed E-state index contributed by atoms with van der Waals surface area (Å²) in [6, 6.07) is 25.4. The normalized spacial score (nSPS) is 19.3. The van der Waals surface area contributed by atoms with Gasteiger partial charge in [0.2, 0.25) is 10.0 Å². The number of halogens is 1. The van der Waals surface area contributed by atoms with E-state index in [0.717, 1.165) is 28.2 Å². The van der Waals surface area contributed by atoms with Gasteiger partial charge < -0.3 is 4.74 Å². The lowest BCUT2D eigenvalue weighted by atomic mass is 10.1. The molecule has 2 heterocycles. The third-order valence-corrected chi connectivity index (χ3v) is 6.97. The van der Waals surface area contributed by atoms with Crippen molar-refractivity contribution >= 4 is 51.5 Å². The van der Waals surface area contributed by atoms with Gasteiger partial charge >= 0.3 is 5.97 Å². The molecule has 5 rings (SSSR count). The number of methoxy groups -OCH3 is 1. The summed E-state index contributed by atoms with van der Waals surface area (Å²) in [5, 5.41) is 14.3. The number of benzene rings is 3. The minimum atomic E-state index is -0.948. The van der Waals surface area contributed by atoms with Gasteiger partial charge in [0.25, 0.3) is 0 Å². The number of nitrogens with zero attached hydrogens (tertiary/aromatic N) is 4. The van der Waals surface area contributed by atoms with E-state index in [1.165, 1.54) is 18.9 Å². The Bertz CT molecular complexity index is 1310. The van der Waals surface area contributed by atoms with Crippen molar-refractivity contribution in [3.63, 3.8) is 0 Å². The maximum Gasteiger partial charge on any atom is 0.365 e. The lowest BCUT2D eigenvalue weighted by Crippen LogP contribution is -2.53. The van der Waals surface area contributed by atoms with Crippen molar-refractivity contribution in [2.75, 3.05) is 17.1 Å². The first kappa shape index (κ1) is 22.3. The number of hydrogen-bond acceptors (Lipinski definition) is 7. The summed E-state index contributed by atoms with van der Waals surface area (Å²) in [5.74, 6) is -0.493. The smallest absolute Gasteiger partial charge is 0.365 e. The molecule has 0 radical (unpaired) electrons. The second kappa shape index (κ2) is 9.00. The molecule has 0 bridgehead atoms. The number of allylic oxidation sites excluding steroid dienone is 1. The highest BCUT2D eigenvalue weighted by molar-refractivity contribution is 8.17. The standard InChI is InChI=1S/C26H21ClN4O2S/c1-18-8-14-22(15-9-18)31-26(34-24(29-31)25(32)33-2)17-16-23(19-10-12-20(27)13-11-19)28-30(26)21-6-4-3-5-7-21/h3-17H,1-2H3/t26-/m1/s1. The fourth-order valence-electron chi connectivity index (χ4n) is 3.76. The lowest BCUT2D eigenvalue weighted by Gasteiger charge is -2.43. The molecule has 170 valence electrons. The van der Waals surface area contributed by atoms with E-state index >= 15 is 0 Å². The molecule has 34 heavy (non-hydrogen) atoms. The van der Waals surface area contributed by atoms with Crippen molar-refractivity contribution in [2.45, 2.75) is 11.9 Å². The van der Waals surface area contributed by atoms with Crippen molar-refractivity contribution in [1.29, 1.82) is 0 Å². The number of rotatable bonds is 4. The molecule has 1 spiro atoms. The number of carbonyl (C=O) groups excluding carboxylic acids is 1. The molecule has 2 aliphatic rings. The van der Waals surface area contributed by atoms with Crippen LogP contribution in [0, 0.1) is 6.92 Å². The first-order chi connectivity index (χ1) is 16.5. The van der Waals surface area contributed by atoms with Crippen molar-refractivity contribution in [3.05, 3.63) is 107 Å². The van der Waals surface area contributed by atoms with Gasteiger partial charge in [0.05, 0.1) is 24.2 Å². The number of hydrogen-bond donors (Lipinski definition) is 0. The number of aryl methyl sites for hydroxylation is 1. The average molecular weight is 489 g/mol. The highest BCUT2D eigenvalue weighted by Gasteiger charge is 2.51. The van der Waals surface area contributed by atoms with Crippen LogP contribution in [0.2, 0.25) is 5.02 Å². The summed E-state index contributed by atoms with van der Waals surface area (Å²) >= 11 is 7.38. The molecule has 8 heteroatoms. The number of esters is 1. The van der Waals surface area contributed by atoms with Crippen molar-refractivity contribution in [2.24, 2.45) is 10.2 Å². The first-order valence-corrected chi connectivity index (χ1v) is 11.8. The van der Waals surface area contributed by atoms with E-state index in [1.54, 1.807) is 0 Å². The van der Waals surface area contributed by atoms with Crippen LogP contribution >= 0.6 is 23.4 Å². The van der Waals surface area contributed by atoms with Crippen molar-refractivity contribution in [1.82, 2.24) is 0 Å². The Morgan fingerprint density at radius 2 is 1.56 bits per heavy atom. The van der Waals surface area contributed by atoms with Crippen LogP contribution in [-0.2, 0) is 9.53 Å². The zero-order valence-corrected chi connectivity index (χ0v) is 20.1. The Labute approximate surface area is 207 Å². The monoisotopic (exact) mass is 488 g/mol. The van der Waals surface area contributed by atoms with E-state index in [2.05, 4.69) is 5.10 Å². The summed E-state index contributed by atoms with van der Waals surface area (Å²) < 4.78 is 5.01. The van der Waals surface area contributed by atoms with E-state index in [4.69, 9.17) is 21.4 Å². The second-order valence-corrected chi connectivity index (χ2v) is 9.41. The summed E-state index contributed by atoms with van der Waals surface area (Å²) in [5.41, 5.74) is 4.50. The summed E-state index contributed by atoms with van der Waals surface area (Å²) in [6.07, 6.45) is 3.97. The Balaban J connectivity index is 1.66. The minimum Gasteiger partial charge on any atom is -0.464 e. The number of para-hydroxylation sites is 1. The molecule has 1 atom stereocenters. The molecule has 0 aromatic heterocycles. The Morgan fingerprint density at radius 1 is 0.912 bits per heavy atom. The van der Waals surface area contributed by atoms with Crippen molar-refractivity contribution in [3.8, 4) is 0 Å². The molecule has 0 amide bonds. The highest BCUT2D eigenvalue weighted by Crippen LogP contribution is 2.48. The van der Waals surface area contributed by atoms with Gasteiger partial charge in [-0.3, -0.25) is 0 Å². The Kier molecular flexibility index (Phi) is 5.89. The molecule has 0 unspecified atom stereocenters. The lowest BCUT2D eigenvalue weighted by molar-refractivity contribution is -0.132. The third kappa shape index (κ3) is 3.97. The van der Waals surface area contributed by atoms with E-state index in [0.29, 0.717) is 5.02 Å². The topological polar surface area (TPSA) is 57.5 Å². The zero-order valence-electron chi connectivity index (χ0n) is 18.6. The van der Waals surface area contributed by atoms with Crippen LogP contribution in [0.3, 0.4) is 0 Å². The van der Waals surface area contributed by atoms with Gasteiger partial charge in [0.1, 0.15) is 0 Å². The molecule has 6 nitrogen and oxygen atoms in total. The zero-order chi connectivity index (χ0) is 23.7. The molecule has 2 aliphatic heterocycles. The quantitative estimate of drug-likeness (QED) is 0.433. The Hall–Kier alpha value is -3.55. The molecular weight excluding hydrogens is 468 g/mol. The van der Waals surface area contributed by atoms with Gasteiger partial charge in [-0.05, 0) is 67.2 Å². The number of ether oxygens (including phenoxy) is 1. The molecule has 0 fully saturated rings. The van der Waals surface area contributed by atoms with Gasteiger partial charge in [0.15, 0.2) is 0 Å². The molecule has 0 saturated heterocycles. The van der Waals surface area contributed by atoms with E-state index in [1.807, 2.05) is 108 Å². The number of carbonyl (C=O) groups is 1. The summed E-state index contributed by atoms with van der Waals surface area (Å²) in [4.78, 5) is 11.6. The van der Waals surface area contributed by atoms with Gasteiger partial charge in [-0.2, -0.15) is 10.2 Å². The van der Waals surface area contributed by atoms with Crippen LogP contribution < -0.4 is 10.0 Å². The molecule has 3 aromatic carbocycles. The van der Waals surface area contributed by atoms with Crippen LogP contribution in [0.25, 0.3) is 0 Å². The second-order valence-electron chi connectivity index (χ2n) is 7.78. The highest BCUT2D eigenvalue weighted by atomic mass is 35.5.